The first-order chi connectivity index (χ1) is 11.3. The number of hydrogen-bond donors (Lipinski definition) is 0. The van der Waals surface area contributed by atoms with Crippen molar-refractivity contribution >= 4 is 21.7 Å². The van der Waals surface area contributed by atoms with E-state index in [1.165, 1.54) is 0 Å². The van der Waals surface area contributed by atoms with Crippen LogP contribution in [0.15, 0.2) is 12.7 Å². The number of rotatable bonds is 11. The summed E-state index contributed by atoms with van der Waals surface area (Å²) in [6.07, 6.45) is 1.25. The molecule has 0 saturated heterocycles. The van der Waals surface area contributed by atoms with Crippen molar-refractivity contribution in [2.75, 3.05) is 13.2 Å². The minimum atomic E-state index is -3.48. The number of ketones is 1. The first-order valence-corrected chi connectivity index (χ1v) is 13.5. The molecule has 0 heterocycles. The van der Waals surface area contributed by atoms with Crippen molar-refractivity contribution in [3.8, 4) is 0 Å². The maximum Gasteiger partial charge on any atom is 0.340 e. The van der Waals surface area contributed by atoms with Crippen LogP contribution < -0.4 is 0 Å². The smallest absolute Gasteiger partial charge is 0.340 e. The zero-order chi connectivity index (χ0) is 20.1. The molecule has 0 aliphatic heterocycles. The van der Waals surface area contributed by atoms with Gasteiger partial charge in [-0.15, -0.1) is 6.58 Å². The van der Waals surface area contributed by atoms with E-state index >= 15 is 0 Å². The van der Waals surface area contributed by atoms with E-state index in [1.807, 2.05) is 0 Å². The van der Waals surface area contributed by atoms with Crippen LogP contribution in [0.1, 0.15) is 48.5 Å². The lowest BCUT2D eigenvalue weighted by atomic mass is 9.98. The largest absolute Gasteiger partial charge is 0.410 e. The van der Waals surface area contributed by atoms with Gasteiger partial charge in [-0.1, -0.05) is 33.8 Å². The molecule has 0 spiro atoms. The van der Waals surface area contributed by atoms with Crippen molar-refractivity contribution in [1.29, 1.82) is 0 Å². The molecular weight excluding hydrogens is 355 g/mol. The maximum absolute atomic E-state index is 12.9. The van der Waals surface area contributed by atoms with E-state index in [1.54, 1.807) is 33.8 Å². The van der Waals surface area contributed by atoms with E-state index in [0.29, 0.717) is 0 Å². The highest BCUT2D eigenvalue weighted by molar-refractivity contribution is 7.55. The Kier molecular flexibility index (Phi) is 9.51. The fourth-order valence-corrected chi connectivity index (χ4v) is 5.31. The lowest BCUT2D eigenvalue weighted by Gasteiger charge is -2.40. The average molecular weight is 393 g/mol. The van der Waals surface area contributed by atoms with Gasteiger partial charge in [0.25, 0.3) is 0 Å². The van der Waals surface area contributed by atoms with E-state index in [0.717, 1.165) is 0 Å². The van der Waals surface area contributed by atoms with Crippen molar-refractivity contribution in [3.05, 3.63) is 12.7 Å². The van der Waals surface area contributed by atoms with Gasteiger partial charge in [-0.05, 0) is 38.9 Å². The predicted octanol–water partition coefficient (Wildman–Crippen LogP) is 5.42. The van der Waals surface area contributed by atoms with Crippen LogP contribution in [0.4, 0.5) is 0 Å². The van der Waals surface area contributed by atoms with Crippen molar-refractivity contribution in [1.82, 2.24) is 0 Å². The molecule has 0 fully saturated rings. The Bertz CT molecular complexity index is 488. The molecular formula is C18H37O5PSi. The average Bonchev–Trinajstić information content (AvgIpc) is 2.49. The topological polar surface area (TPSA) is 61.8 Å². The molecule has 0 bridgehead atoms. The van der Waals surface area contributed by atoms with Crippen LogP contribution >= 0.6 is 7.60 Å². The van der Waals surface area contributed by atoms with Gasteiger partial charge in [0.05, 0.1) is 19.3 Å². The fourth-order valence-electron chi connectivity index (χ4n) is 2.19. The molecule has 0 N–H and O–H groups in total. The highest BCUT2D eigenvalue weighted by Gasteiger charge is 2.44. The third kappa shape index (κ3) is 6.44. The second-order valence-electron chi connectivity index (χ2n) is 7.82. The maximum atomic E-state index is 12.9. The molecule has 0 rings (SSSR count). The summed E-state index contributed by atoms with van der Waals surface area (Å²) in [6.45, 7) is 21.9. The van der Waals surface area contributed by atoms with Crippen LogP contribution in [0, 0.1) is 5.92 Å². The van der Waals surface area contributed by atoms with Crippen LogP contribution in [0.5, 0.6) is 0 Å². The summed E-state index contributed by atoms with van der Waals surface area (Å²) in [5.74, 6) is -0.662. The lowest BCUT2D eigenvalue weighted by Crippen LogP contribution is -2.46. The van der Waals surface area contributed by atoms with Crippen LogP contribution in [0.2, 0.25) is 18.1 Å². The number of carbonyl (C=O) groups excluding carboxylic acids is 1. The van der Waals surface area contributed by atoms with Gasteiger partial charge in [0.15, 0.2) is 14.1 Å². The standard InChI is InChI=1S/C18H37O5PSi/c1-11-16(23-25(9,10)18(6,7)8)14(4)17(19)15(5)24(20,21-12-2)22-13-3/h11,14-16H,1,12-13H2,2-10H3/t14-,15?,16-/m0/s1. The molecule has 0 aromatic rings. The quantitative estimate of drug-likeness (QED) is 0.267. The van der Waals surface area contributed by atoms with Gasteiger partial charge in [0, 0.05) is 5.92 Å². The van der Waals surface area contributed by atoms with Gasteiger partial charge >= 0.3 is 7.60 Å². The first-order valence-electron chi connectivity index (χ1n) is 9.00. The molecule has 0 amide bonds. The minimum absolute atomic E-state index is 0.0224. The molecule has 3 atom stereocenters. The van der Waals surface area contributed by atoms with Crippen molar-refractivity contribution in [2.24, 2.45) is 5.92 Å². The Hall–Kier alpha value is -0.263. The Morgan fingerprint density at radius 1 is 1.16 bits per heavy atom. The molecule has 0 aromatic carbocycles. The SMILES string of the molecule is C=C[C@H](O[Si](C)(C)C(C)(C)C)[C@H](C)C(=O)C(C)P(=O)(OCC)OCC. The molecule has 7 heteroatoms. The molecule has 0 aliphatic carbocycles. The van der Waals surface area contributed by atoms with Crippen molar-refractivity contribution in [3.63, 3.8) is 0 Å². The summed E-state index contributed by atoms with van der Waals surface area (Å²) >= 11 is 0. The summed E-state index contributed by atoms with van der Waals surface area (Å²) in [5, 5.41) is 0.0224. The van der Waals surface area contributed by atoms with Crippen LogP contribution in [0.3, 0.4) is 0 Å². The van der Waals surface area contributed by atoms with Gasteiger partial charge < -0.3 is 13.5 Å². The summed E-state index contributed by atoms with van der Waals surface area (Å²) in [7, 11) is -5.55. The Balaban J connectivity index is 5.40. The van der Waals surface area contributed by atoms with E-state index in [4.69, 9.17) is 13.5 Å². The van der Waals surface area contributed by atoms with Crippen molar-refractivity contribution in [2.45, 2.75) is 78.4 Å². The predicted molar refractivity (Wildman–Crippen MR) is 107 cm³/mol. The minimum Gasteiger partial charge on any atom is -0.410 e. The fraction of sp³-hybridized carbons (Fsp3) is 0.833. The van der Waals surface area contributed by atoms with Crippen LogP contribution in [0.25, 0.3) is 0 Å². The number of carbonyl (C=O) groups is 1. The molecule has 25 heavy (non-hydrogen) atoms. The van der Waals surface area contributed by atoms with Crippen molar-refractivity contribution < 1.29 is 22.8 Å². The van der Waals surface area contributed by atoms with Crippen LogP contribution in [-0.2, 0) is 22.8 Å². The van der Waals surface area contributed by atoms with Gasteiger partial charge in [-0.2, -0.15) is 0 Å². The zero-order valence-corrected chi connectivity index (χ0v) is 19.3. The van der Waals surface area contributed by atoms with Gasteiger partial charge in [0.1, 0.15) is 5.66 Å². The molecule has 0 aromatic heterocycles. The second kappa shape index (κ2) is 9.61. The molecule has 1 unspecified atom stereocenters. The monoisotopic (exact) mass is 392 g/mol. The lowest BCUT2D eigenvalue weighted by molar-refractivity contribution is -0.124. The molecule has 148 valence electrons. The molecule has 0 radical (unpaired) electrons. The van der Waals surface area contributed by atoms with E-state index in [-0.39, 0.29) is 24.0 Å². The number of Topliss-reactive ketones (excluding diaryl/α,β-unsaturated/α-hetero) is 1. The summed E-state index contributed by atoms with van der Waals surface area (Å²) in [6, 6.07) is 0. The van der Waals surface area contributed by atoms with E-state index < -0.39 is 33.6 Å². The Morgan fingerprint density at radius 2 is 1.60 bits per heavy atom. The zero-order valence-electron chi connectivity index (χ0n) is 17.4. The summed E-state index contributed by atoms with van der Waals surface area (Å²) in [5.41, 5.74) is -0.840. The van der Waals surface area contributed by atoms with E-state index in [2.05, 4.69) is 40.4 Å². The van der Waals surface area contributed by atoms with Gasteiger partial charge in [0.2, 0.25) is 0 Å². The molecule has 0 aliphatic rings. The second-order valence-corrected chi connectivity index (χ2v) is 14.9. The van der Waals surface area contributed by atoms with Gasteiger partial charge in [-0.3, -0.25) is 9.36 Å². The van der Waals surface area contributed by atoms with Crippen LogP contribution in [-0.4, -0.2) is 39.1 Å². The third-order valence-corrected chi connectivity index (χ3v) is 11.8. The molecule has 0 saturated carbocycles. The highest BCUT2D eigenvalue weighted by Crippen LogP contribution is 2.54. The Labute approximate surface area is 155 Å². The Morgan fingerprint density at radius 3 is 1.92 bits per heavy atom. The summed E-state index contributed by atoms with van der Waals surface area (Å²) < 4.78 is 29.9. The van der Waals surface area contributed by atoms with E-state index in [9.17, 15) is 9.36 Å². The number of hydrogen-bond acceptors (Lipinski definition) is 5. The third-order valence-electron chi connectivity index (χ3n) is 4.91. The summed E-state index contributed by atoms with van der Waals surface area (Å²) in [4.78, 5) is 12.9. The molecule has 5 nitrogen and oxygen atoms in total. The first kappa shape index (κ1) is 24.7. The highest BCUT2D eigenvalue weighted by atomic mass is 31.2. The van der Waals surface area contributed by atoms with Gasteiger partial charge in [-0.25, -0.2) is 0 Å². The normalized spacial score (nSPS) is 17.0.